The van der Waals surface area contributed by atoms with Gasteiger partial charge in [0.2, 0.25) is 0 Å². The number of rotatable bonds is 2. The van der Waals surface area contributed by atoms with Crippen molar-refractivity contribution in [1.82, 2.24) is 4.90 Å². The van der Waals surface area contributed by atoms with Crippen molar-refractivity contribution < 1.29 is 9.90 Å². The Hall–Kier alpha value is -1.55. The molecule has 1 amide bonds. The quantitative estimate of drug-likeness (QED) is 0.809. The Morgan fingerprint density at radius 2 is 2.35 bits per heavy atom. The van der Waals surface area contributed by atoms with Crippen LogP contribution < -0.4 is 5.73 Å². The van der Waals surface area contributed by atoms with E-state index in [2.05, 4.69) is 0 Å². The monoisotopic (exact) mass is 234 g/mol. The summed E-state index contributed by atoms with van der Waals surface area (Å²) in [5, 5.41) is 9.62. The number of nitrogens with two attached hydrogens (primary N) is 1. The van der Waals surface area contributed by atoms with Crippen molar-refractivity contribution >= 4 is 5.91 Å². The van der Waals surface area contributed by atoms with Gasteiger partial charge in [-0.05, 0) is 37.5 Å². The molecule has 92 valence electrons. The highest BCUT2D eigenvalue weighted by molar-refractivity contribution is 5.95. The van der Waals surface area contributed by atoms with Gasteiger partial charge in [0, 0.05) is 24.7 Å². The molecule has 17 heavy (non-hydrogen) atoms. The molecule has 1 aromatic carbocycles. The Kier molecular flexibility index (Phi) is 3.33. The van der Waals surface area contributed by atoms with Gasteiger partial charge >= 0.3 is 0 Å². The lowest BCUT2D eigenvalue weighted by Gasteiger charge is -2.23. The molecule has 0 bridgehead atoms. The summed E-state index contributed by atoms with van der Waals surface area (Å²) in [6.45, 7) is 3.07. The molecule has 1 aliphatic rings. The van der Waals surface area contributed by atoms with Gasteiger partial charge in [-0.15, -0.1) is 0 Å². The molecule has 2 rings (SSSR count). The van der Waals surface area contributed by atoms with Gasteiger partial charge in [0.05, 0.1) is 0 Å². The number of aromatic hydroxyl groups is 1. The maximum Gasteiger partial charge on any atom is 0.254 e. The van der Waals surface area contributed by atoms with Crippen LogP contribution in [0.4, 0.5) is 0 Å². The van der Waals surface area contributed by atoms with Gasteiger partial charge in [0.25, 0.3) is 5.91 Å². The number of phenols is 1. The smallest absolute Gasteiger partial charge is 0.254 e. The minimum absolute atomic E-state index is 0.0340. The van der Waals surface area contributed by atoms with Gasteiger partial charge in [-0.25, -0.2) is 0 Å². The number of benzene rings is 1. The van der Waals surface area contributed by atoms with E-state index in [-0.39, 0.29) is 17.7 Å². The molecule has 1 aliphatic heterocycles. The lowest BCUT2D eigenvalue weighted by molar-refractivity contribution is 0.0741. The summed E-state index contributed by atoms with van der Waals surface area (Å²) in [4.78, 5) is 14.0. The number of carbonyl (C=O) groups is 1. The van der Waals surface area contributed by atoms with E-state index in [4.69, 9.17) is 5.73 Å². The van der Waals surface area contributed by atoms with Crippen LogP contribution in [0.2, 0.25) is 0 Å². The molecule has 0 aromatic heterocycles. The van der Waals surface area contributed by atoms with Crippen LogP contribution in [-0.4, -0.2) is 35.0 Å². The van der Waals surface area contributed by atoms with Crippen LogP contribution in [0, 0.1) is 6.92 Å². The predicted octanol–water partition coefficient (Wildman–Crippen LogP) is 1.26. The third-order valence-electron chi connectivity index (χ3n) is 3.37. The van der Waals surface area contributed by atoms with Crippen molar-refractivity contribution in [3.63, 3.8) is 0 Å². The molecule has 0 aliphatic carbocycles. The number of amides is 1. The van der Waals surface area contributed by atoms with Crippen LogP contribution >= 0.6 is 0 Å². The molecule has 3 N–H and O–H groups in total. The van der Waals surface area contributed by atoms with Gasteiger partial charge in [0.15, 0.2) is 0 Å². The molecule has 1 unspecified atom stereocenters. The lowest BCUT2D eigenvalue weighted by atomic mass is 10.1. The van der Waals surface area contributed by atoms with Crippen molar-refractivity contribution in [3.8, 4) is 5.75 Å². The van der Waals surface area contributed by atoms with Crippen LogP contribution in [0.25, 0.3) is 0 Å². The first-order valence-electron chi connectivity index (χ1n) is 5.94. The molecular weight excluding hydrogens is 216 g/mol. The summed E-state index contributed by atoms with van der Waals surface area (Å²) in [7, 11) is 0. The highest BCUT2D eigenvalue weighted by Gasteiger charge is 2.28. The van der Waals surface area contributed by atoms with Crippen molar-refractivity contribution in [2.24, 2.45) is 5.73 Å². The topological polar surface area (TPSA) is 66.6 Å². The standard InChI is InChI=1S/C13H18N2O2/c1-9-4-5-10(7-12(9)16)13(17)15-6-2-3-11(15)8-14/h4-5,7,11,16H,2-3,6,8,14H2,1H3. The second kappa shape index (κ2) is 4.75. The Balaban J connectivity index is 2.21. The zero-order chi connectivity index (χ0) is 12.4. The van der Waals surface area contributed by atoms with Gasteiger partial charge in [-0.2, -0.15) is 0 Å². The van der Waals surface area contributed by atoms with Crippen molar-refractivity contribution in [2.45, 2.75) is 25.8 Å². The van der Waals surface area contributed by atoms with Gasteiger partial charge in [-0.1, -0.05) is 6.07 Å². The van der Waals surface area contributed by atoms with E-state index in [0.29, 0.717) is 12.1 Å². The van der Waals surface area contributed by atoms with E-state index >= 15 is 0 Å². The first-order valence-corrected chi connectivity index (χ1v) is 5.94. The molecule has 0 radical (unpaired) electrons. The second-order valence-corrected chi connectivity index (χ2v) is 4.53. The SMILES string of the molecule is Cc1ccc(C(=O)N2CCCC2CN)cc1O. The fourth-order valence-electron chi connectivity index (χ4n) is 2.26. The van der Waals surface area contributed by atoms with Crippen molar-refractivity contribution in [1.29, 1.82) is 0 Å². The molecule has 0 spiro atoms. The van der Waals surface area contributed by atoms with E-state index in [9.17, 15) is 9.90 Å². The third kappa shape index (κ3) is 2.26. The molecule has 1 heterocycles. The average Bonchev–Trinajstić information content (AvgIpc) is 2.80. The van der Waals surface area contributed by atoms with E-state index in [1.807, 2.05) is 11.8 Å². The van der Waals surface area contributed by atoms with Crippen LogP contribution in [0.15, 0.2) is 18.2 Å². The molecular formula is C13H18N2O2. The molecule has 0 saturated carbocycles. The van der Waals surface area contributed by atoms with Crippen molar-refractivity contribution in [3.05, 3.63) is 29.3 Å². The van der Waals surface area contributed by atoms with Gasteiger partial charge < -0.3 is 15.7 Å². The van der Waals surface area contributed by atoms with Crippen LogP contribution in [0.3, 0.4) is 0 Å². The van der Waals surface area contributed by atoms with E-state index in [1.54, 1.807) is 12.1 Å². The Labute approximate surface area is 101 Å². The Bertz CT molecular complexity index is 431. The van der Waals surface area contributed by atoms with Gasteiger partial charge in [0.1, 0.15) is 5.75 Å². The van der Waals surface area contributed by atoms with E-state index in [1.165, 1.54) is 6.07 Å². The second-order valence-electron chi connectivity index (χ2n) is 4.53. The zero-order valence-corrected chi connectivity index (χ0v) is 10.0. The highest BCUT2D eigenvalue weighted by Crippen LogP contribution is 2.22. The normalized spacial score (nSPS) is 19.6. The van der Waals surface area contributed by atoms with Crippen LogP contribution in [0.5, 0.6) is 5.75 Å². The van der Waals surface area contributed by atoms with E-state index < -0.39 is 0 Å². The maximum atomic E-state index is 12.2. The maximum absolute atomic E-state index is 12.2. The molecule has 1 aromatic rings. The molecule has 1 fully saturated rings. The summed E-state index contributed by atoms with van der Waals surface area (Å²) in [5.74, 6) is 0.132. The summed E-state index contributed by atoms with van der Waals surface area (Å²) < 4.78 is 0. The number of likely N-dealkylation sites (tertiary alicyclic amines) is 1. The fraction of sp³-hybridized carbons (Fsp3) is 0.462. The molecule has 1 saturated heterocycles. The third-order valence-corrected chi connectivity index (χ3v) is 3.37. The fourth-order valence-corrected chi connectivity index (χ4v) is 2.26. The number of hydrogen-bond donors (Lipinski definition) is 2. The number of nitrogens with zero attached hydrogens (tertiary/aromatic N) is 1. The molecule has 4 nitrogen and oxygen atoms in total. The largest absolute Gasteiger partial charge is 0.508 e. The number of aryl methyl sites for hydroxylation is 1. The number of phenolic OH excluding ortho intramolecular Hbond substituents is 1. The predicted molar refractivity (Wildman–Crippen MR) is 66.0 cm³/mol. The number of carbonyl (C=O) groups excluding carboxylic acids is 1. The van der Waals surface area contributed by atoms with Crippen LogP contribution in [0.1, 0.15) is 28.8 Å². The first kappa shape index (κ1) is 11.9. The summed E-state index contributed by atoms with van der Waals surface area (Å²) >= 11 is 0. The lowest BCUT2D eigenvalue weighted by Crippen LogP contribution is -2.39. The van der Waals surface area contributed by atoms with E-state index in [0.717, 1.165) is 24.9 Å². The molecule has 1 atom stereocenters. The minimum Gasteiger partial charge on any atom is -0.508 e. The Morgan fingerprint density at radius 1 is 1.59 bits per heavy atom. The first-order chi connectivity index (χ1) is 8.13. The van der Waals surface area contributed by atoms with Gasteiger partial charge in [-0.3, -0.25) is 4.79 Å². The number of hydrogen-bond acceptors (Lipinski definition) is 3. The Morgan fingerprint density at radius 3 is 3.00 bits per heavy atom. The zero-order valence-electron chi connectivity index (χ0n) is 10.0. The van der Waals surface area contributed by atoms with Crippen molar-refractivity contribution in [2.75, 3.05) is 13.1 Å². The summed E-state index contributed by atoms with van der Waals surface area (Å²) in [5.41, 5.74) is 6.96. The average molecular weight is 234 g/mol. The molecule has 4 heteroatoms. The summed E-state index contributed by atoms with van der Waals surface area (Å²) in [6.07, 6.45) is 1.98. The van der Waals surface area contributed by atoms with Crippen LogP contribution in [-0.2, 0) is 0 Å². The summed E-state index contributed by atoms with van der Waals surface area (Å²) in [6, 6.07) is 5.19. The minimum atomic E-state index is -0.0340. The highest BCUT2D eigenvalue weighted by atomic mass is 16.3.